The van der Waals surface area contributed by atoms with Crippen molar-refractivity contribution in [2.75, 3.05) is 13.1 Å². The van der Waals surface area contributed by atoms with Gasteiger partial charge in [0.15, 0.2) is 0 Å². The molecule has 1 amide bonds. The summed E-state index contributed by atoms with van der Waals surface area (Å²) in [4.78, 5) is 11.8. The van der Waals surface area contributed by atoms with Crippen LogP contribution >= 0.6 is 0 Å². The Kier molecular flexibility index (Phi) is 6.39. The highest BCUT2D eigenvalue weighted by molar-refractivity contribution is 5.94. The van der Waals surface area contributed by atoms with Crippen LogP contribution in [-0.2, 0) is 6.42 Å². The van der Waals surface area contributed by atoms with Crippen molar-refractivity contribution in [3.63, 3.8) is 0 Å². The highest BCUT2D eigenvalue weighted by Crippen LogP contribution is 2.05. The normalized spacial score (nSPS) is 12.2. The second-order valence-corrected chi connectivity index (χ2v) is 4.39. The van der Waals surface area contributed by atoms with Gasteiger partial charge in [0.25, 0.3) is 5.91 Å². The number of carbonyl (C=O) groups is 1. The van der Waals surface area contributed by atoms with E-state index < -0.39 is 6.10 Å². The molecule has 0 aliphatic rings. The third-order valence-corrected chi connectivity index (χ3v) is 2.77. The highest BCUT2D eigenvalue weighted by atomic mass is 16.3. The maximum Gasteiger partial charge on any atom is 0.251 e. The van der Waals surface area contributed by atoms with Crippen LogP contribution in [0.2, 0.25) is 0 Å². The SMILES string of the molecule is CCCC(O)CNC(=O)c1ccc(CCN)cc1. The van der Waals surface area contributed by atoms with Gasteiger partial charge in [0.2, 0.25) is 0 Å². The average Bonchev–Trinajstić information content (AvgIpc) is 2.37. The summed E-state index contributed by atoms with van der Waals surface area (Å²) in [6, 6.07) is 7.38. The van der Waals surface area contributed by atoms with Gasteiger partial charge in [0, 0.05) is 12.1 Å². The molecular weight excluding hydrogens is 228 g/mol. The number of hydrogen-bond acceptors (Lipinski definition) is 3. The molecule has 0 aliphatic carbocycles. The Morgan fingerprint density at radius 2 is 2.06 bits per heavy atom. The summed E-state index contributed by atoms with van der Waals surface area (Å²) in [6.45, 7) is 2.91. The number of hydrogen-bond donors (Lipinski definition) is 3. The first kappa shape index (κ1) is 14.7. The van der Waals surface area contributed by atoms with Gasteiger partial charge in [-0.3, -0.25) is 4.79 Å². The summed E-state index contributed by atoms with van der Waals surface area (Å²) in [5, 5.41) is 12.3. The summed E-state index contributed by atoms with van der Waals surface area (Å²) in [5.41, 5.74) is 7.20. The number of carbonyl (C=O) groups excluding carboxylic acids is 1. The molecule has 0 bridgehead atoms. The summed E-state index contributed by atoms with van der Waals surface area (Å²) in [5.74, 6) is -0.149. The fourth-order valence-electron chi connectivity index (χ4n) is 1.74. The van der Waals surface area contributed by atoms with E-state index in [0.29, 0.717) is 25.1 Å². The molecule has 0 heterocycles. The van der Waals surface area contributed by atoms with E-state index in [9.17, 15) is 9.90 Å². The minimum atomic E-state index is -0.463. The molecule has 0 spiro atoms. The number of nitrogens with two attached hydrogens (primary N) is 1. The lowest BCUT2D eigenvalue weighted by Crippen LogP contribution is -2.31. The lowest BCUT2D eigenvalue weighted by molar-refractivity contribution is 0.0910. The zero-order chi connectivity index (χ0) is 13.4. The molecule has 100 valence electrons. The van der Waals surface area contributed by atoms with Gasteiger partial charge in [-0.15, -0.1) is 0 Å². The molecular formula is C14H22N2O2. The van der Waals surface area contributed by atoms with Crippen molar-refractivity contribution in [2.24, 2.45) is 5.73 Å². The Balaban J connectivity index is 2.46. The number of nitrogens with one attached hydrogen (secondary N) is 1. The predicted molar refractivity (Wildman–Crippen MR) is 72.4 cm³/mol. The number of amides is 1. The first-order valence-corrected chi connectivity index (χ1v) is 6.42. The third kappa shape index (κ3) is 4.85. The third-order valence-electron chi connectivity index (χ3n) is 2.77. The topological polar surface area (TPSA) is 75.3 Å². The molecule has 18 heavy (non-hydrogen) atoms. The molecule has 1 aromatic rings. The van der Waals surface area contributed by atoms with E-state index in [0.717, 1.165) is 18.4 Å². The van der Waals surface area contributed by atoms with Crippen LogP contribution in [0.15, 0.2) is 24.3 Å². The van der Waals surface area contributed by atoms with Crippen LogP contribution in [0.3, 0.4) is 0 Å². The van der Waals surface area contributed by atoms with Crippen molar-refractivity contribution in [3.8, 4) is 0 Å². The minimum absolute atomic E-state index is 0.149. The second kappa shape index (κ2) is 7.84. The van der Waals surface area contributed by atoms with E-state index in [2.05, 4.69) is 5.32 Å². The van der Waals surface area contributed by atoms with Crippen LogP contribution in [0.4, 0.5) is 0 Å². The van der Waals surface area contributed by atoms with E-state index in [1.54, 1.807) is 12.1 Å². The molecule has 0 aromatic heterocycles. The Bertz CT molecular complexity index is 363. The maximum atomic E-state index is 11.8. The van der Waals surface area contributed by atoms with Gasteiger partial charge in [0.1, 0.15) is 0 Å². The smallest absolute Gasteiger partial charge is 0.251 e. The predicted octanol–water partition coefficient (Wildman–Crippen LogP) is 1.08. The summed E-state index contributed by atoms with van der Waals surface area (Å²) in [6.07, 6.45) is 1.97. The first-order chi connectivity index (χ1) is 8.67. The van der Waals surface area contributed by atoms with Crippen LogP contribution in [0.1, 0.15) is 35.7 Å². The number of aliphatic hydroxyl groups is 1. The second-order valence-electron chi connectivity index (χ2n) is 4.39. The van der Waals surface area contributed by atoms with Gasteiger partial charge >= 0.3 is 0 Å². The van der Waals surface area contributed by atoms with Crippen LogP contribution in [0.5, 0.6) is 0 Å². The van der Waals surface area contributed by atoms with Crippen LogP contribution in [0, 0.1) is 0 Å². The van der Waals surface area contributed by atoms with Gasteiger partial charge in [-0.05, 0) is 37.1 Å². The molecule has 0 saturated carbocycles. The lowest BCUT2D eigenvalue weighted by atomic mass is 10.1. The van der Waals surface area contributed by atoms with Crippen LogP contribution < -0.4 is 11.1 Å². The fourth-order valence-corrected chi connectivity index (χ4v) is 1.74. The van der Waals surface area contributed by atoms with E-state index in [4.69, 9.17) is 5.73 Å². The molecule has 0 saturated heterocycles. The summed E-state index contributed by atoms with van der Waals surface area (Å²) >= 11 is 0. The van der Waals surface area contributed by atoms with Crippen molar-refractivity contribution >= 4 is 5.91 Å². The molecule has 1 unspecified atom stereocenters. The van der Waals surface area contributed by atoms with Gasteiger partial charge in [-0.25, -0.2) is 0 Å². The first-order valence-electron chi connectivity index (χ1n) is 6.42. The largest absolute Gasteiger partial charge is 0.391 e. The molecule has 4 nitrogen and oxygen atoms in total. The van der Waals surface area contributed by atoms with Gasteiger partial charge in [0.05, 0.1) is 6.10 Å². The van der Waals surface area contributed by atoms with Crippen LogP contribution in [0.25, 0.3) is 0 Å². The van der Waals surface area contributed by atoms with Crippen molar-refractivity contribution < 1.29 is 9.90 Å². The van der Waals surface area contributed by atoms with Crippen LogP contribution in [-0.4, -0.2) is 30.2 Å². The van der Waals surface area contributed by atoms with Gasteiger partial charge in [-0.2, -0.15) is 0 Å². The Hall–Kier alpha value is -1.39. The Morgan fingerprint density at radius 1 is 1.39 bits per heavy atom. The number of rotatable bonds is 7. The zero-order valence-corrected chi connectivity index (χ0v) is 10.9. The van der Waals surface area contributed by atoms with E-state index in [-0.39, 0.29) is 5.91 Å². The zero-order valence-electron chi connectivity index (χ0n) is 10.9. The molecule has 0 radical (unpaired) electrons. The quantitative estimate of drug-likeness (QED) is 0.678. The van der Waals surface area contributed by atoms with Crippen molar-refractivity contribution in [2.45, 2.75) is 32.3 Å². The Morgan fingerprint density at radius 3 is 2.61 bits per heavy atom. The molecule has 0 fully saturated rings. The minimum Gasteiger partial charge on any atom is -0.391 e. The van der Waals surface area contributed by atoms with E-state index in [1.165, 1.54) is 0 Å². The van der Waals surface area contributed by atoms with Gasteiger partial charge < -0.3 is 16.2 Å². The van der Waals surface area contributed by atoms with E-state index >= 15 is 0 Å². The monoisotopic (exact) mass is 250 g/mol. The standard InChI is InChI=1S/C14H22N2O2/c1-2-3-13(17)10-16-14(18)12-6-4-11(5-7-12)8-9-15/h4-7,13,17H,2-3,8-10,15H2,1H3,(H,16,18). The summed E-state index contributed by atoms with van der Waals surface area (Å²) in [7, 11) is 0. The number of aliphatic hydroxyl groups excluding tert-OH is 1. The molecule has 4 heteroatoms. The lowest BCUT2D eigenvalue weighted by Gasteiger charge is -2.10. The molecule has 1 rings (SSSR count). The average molecular weight is 250 g/mol. The van der Waals surface area contributed by atoms with Crippen molar-refractivity contribution in [1.82, 2.24) is 5.32 Å². The molecule has 4 N–H and O–H groups in total. The number of benzene rings is 1. The molecule has 1 aromatic carbocycles. The van der Waals surface area contributed by atoms with Gasteiger partial charge in [-0.1, -0.05) is 25.5 Å². The highest BCUT2D eigenvalue weighted by Gasteiger charge is 2.08. The molecule has 0 aliphatic heterocycles. The fraction of sp³-hybridized carbons (Fsp3) is 0.500. The molecule has 1 atom stereocenters. The van der Waals surface area contributed by atoms with E-state index in [1.807, 2.05) is 19.1 Å². The summed E-state index contributed by atoms with van der Waals surface area (Å²) < 4.78 is 0. The maximum absolute atomic E-state index is 11.8. The van der Waals surface area contributed by atoms with Crippen molar-refractivity contribution in [3.05, 3.63) is 35.4 Å². The van der Waals surface area contributed by atoms with Crippen molar-refractivity contribution in [1.29, 1.82) is 0 Å². The Labute approximate surface area is 108 Å².